The number of benzene rings is 2. The lowest BCUT2D eigenvalue weighted by Gasteiger charge is -2.19. The standard InChI is InChI=1S/C22H23N3O7/c1-14-4-2-3-5-16(14)21(28)23-9-8-20(27)32-13-19(26)25-22(29)24-15-6-7-17-18(12-15)31-11-10-30-17/h2-7,12H,8-11,13H2,1H3,(H,23,28)(H2,24,25,26,29). The van der Waals surface area contributed by atoms with E-state index in [-0.39, 0.29) is 18.9 Å². The highest BCUT2D eigenvalue weighted by Gasteiger charge is 2.15. The van der Waals surface area contributed by atoms with Crippen molar-refractivity contribution in [3.8, 4) is 11.5 Å². The van der Waals surface area contributed by atoms with Gasteiger partial charge in [0.1, 0.15) is 13.2 Å². The van der Waals surface area contributed by atoms with Crippen molar-refractivity contribution in [2.75, 3.05) is 31.7 Å². The van der Waals surface area contributed by atoms with Gasteiger partial charge in [-0.15, -0.1) is 0 Å². The Morgan fingerprint density at radius 1 is 1.00 bits per heavy atom. The summed E-state index contributed by atoms with van der Waals surface area (Å²) in [5.41, 5.74) is 1.74. The van der Waals surface area contributed by atoms with Crippen LogP contribution in [0, 0.1) is 6.92 Å². The average Bonchev–Trinajstić information content (AvgIpc) is 2.77. The molecule has 1 heterocycles. The highest BCUT2D eigenvalue weighted by atomic mass is 16.6. The molecule has 0 aliphatic carbocycles. The Labute approximate surface area is 184 Å². The van der Waals surface area contributed by atoms with Gasteiger partial charge in [-0.05, 0) is 30.7 Å². The Kier molecular flexibility index (Phi) is 7.63. The maximum absolute atomic E-state index is 12.1. The topological polar surface area (TPSA) is 132 Å². The molecule has 168 valence electrons. The highest BCUT2D eigenvalue weighted by molar-refractivity contribution is 6.02. The van der Waals surface area contributed by atoms with Gasteiger partial charge in [0.25, 0.3) is 11.8 Å². The maximum Gasteiger partial charge on any atom is 0.325 e. The van der Waals surface area contributed by atoms with Crippen molar-refractivity contribution < 1.29 is 33.4 Å². The molecule has 0 atom stereocenters. The van der Waals surface area contributed by atoms with E-state index in [1.807, 2.05) is 19.1 Å². The lowest BCUT2D eigenvalue weighted by molar-refractivity contribution is -0.148. The number of urea groups is 1. The summed E-state index contributed by atoms with van der Waals surface area (Å²) < 4.78 is 15.6. The van der Waals surface area contributed by atoms with Gasteiger partial charge in [0.15, 0.2) is 18.1 Å². The Bertz CT molecular complexity index is 1020. The third-order valence-corrected chi connectivity index (χ3v) is 4.42. The number of aryl methyl sites for hydroxylation is 1. The monoisotopic (exact) mass is 441 g/mol. The predicted molar refractivity (Wildman–Crippen MR) is 114 cm³/mol. The summed E-state index contributed by atoms with van der Waals surface area (Å²) >= 11 is 0. The molecule has 0 radical (unpaired) electrons. The van der Waals surface area contributed by atoms with Crippen LogP contribution in [0.25, 0.3) is 0 Å². The molecule has 0 fully saturated rings. The van der Waals surface area contributed by atoms with Gasteiger partial charge in [-0.2, -0.15) is 0 Å². The van der Waals surface area contributed by atoms with Gasteiger partial charge in [0, 0.05) is 23.9 Å². The summed E-state index contributed by atoms with van der Waals surface area (Å²) in [7, 11) is 0. The van der Waals surface area contributed by atoms with Crippen LogP contribution >= 0.6 is 0 Å². The van der Waals surface area contributed by atoms with Crippen LogP contribution in [0.15, 0.2) is 42.5 Å². The number of carbonyl (C=O) groups is 4. The second kappa shape index (κ2) is 10.8. The number of nitrogens with one attached hydrogen (secondary N) is 3. The second-order valence-electron chi connectivity index (χ2n) is 6.84. The van der Waals surface area contributed by atoms with E-state index in [1.165, 1.54) is 0 Å². The zero-order valence-electron chi connectivity index (χ0n) is 17.4. The van der Waals surface area contributed by atoms with Gasteiger partial charge in [-0.25, -0.2) is 4.79 Å². The lowest BCUT2D eigenvalue weighted by Crippen LogP contribution is -2.37. The molecule has 0 spiro atoms. The van der Waals surface area contributed by atoms with E-state index in [4.69, 9.17) is 14.2 Å². The number of rotatable bonds is 7. The van der Waals surface area contributed by atoms with E-state index in [2.05, 4.69) is 16.0 Å². The summed E-state index contributed by atoms with van der Waals surface area (Å²) in [6.07, 6.45) is -0.117. The summed E-state index contributed by atoms with van der Waals surface area (Å²) in [6.45, 7) is 2.09. The van der Waals surface area contributed by atoms with E-state index in [0.29, 0.717) is 36.0 Å². The largest absolute Gasteiger partial charge is 0.486 e. The quantitative estimate of drug-likeness (QED) is 0.558. The number of ether oxygens (including phenoxy) is 3. The Morgan fingerprint density at radius 3 is 2.53 bits per heavy atom. The minimum absolute atomic E-state index is 0.0538. The summed E-state index contributed by atoms with van der Waals surface area (Å²) in [6, 6.07) is 11.1. The van der Waals surface area contributed by atoms with Crippen molar-refractivity contribution in [3.63, 3.8) is 0 Å². The van der Waals surface area contributed by atoms with E-state index in [9.17, 15) is 19.2 Å². The third-order valence-electron chi connectivity index (χ3n) is 4.42. The molecule has 4 amide bonds. The molecule has 0 saturated heterocycles. The number of imide groups is 1. The molecule has 2 aromatic carbocycles. The SMILES string of the molecule is Cc1ccccc1C(=O)NCCC(=O)OCC(=O)NC(=O)Nc1ccc2c(c1)OCCO2. The molecule has 32 heavy (non-hydrogen) atoms. The predicted octanol–water partition coefficient (Wildman–Crippen LogP) is 1.78. The molecule has 3 N–H and O–H groups in total. The average molecular weight is 441 g/mol. The van der Waals surface area contributed by atoms with Gasteiger partial charge in [-0.3, -0.25) is 19.7 Å². The number of carbonyl (C=O) groups excluding carboxylic acids is 4. The zero-order chi connectivity index (χ0) is 22.9. The summed E-state index contributed by atoms with van der Waals surface area (Å²) in [5, 5.41) is 7.16. The Balaban J connectivity index is 1.34. The first-order valence-electron chi connectivity index (χ1n) is 9.92. The molecule has 2 aromatic rings. The van der Waals surface area contributed by atoms with Gasteiger partial charge in [-0.1, -0.05) is 18.2 Å². The number of esters is 1. The molecule has 0 unspecified atom stereocenters. The van der Waals surface area contributed by atoms with Crippen molar-refractivity contribution in [1.29, 1.82) is 0 Å². The van der Waals surface area contributed by atoms with Crippen LogP contribution in [0.1, 0.15) is 22.3 Å². The third kappa shape index (κ3) is 6.46. The fourth-order valence-corrected chi connectivity index (χ4v) is 2.87. The van der Waals surface area contributed by atoms with E-state index in [0.717, 1.165) is 5.56 Å². The number of hydrogen-bond acceptors (Lipinski definition) is 7. The van der Waals surface area contributed by atoms with E-state index < -0.39 is 24.5 Å². The normalized spacial score (nSPS) is 11.8. The Morgan fingerprint density at radius 2 is 1.75 bits per heavy atom. The van der Waals surface area contributed by atoms with Crippen molar-refractivity contribution >= 4 is 29.5 Å². The molecular formula is C22H23N3O7. The van der Waals surface area contributed by atoms with Crippen LogP contribution in [0.3, 0.4) is 0 Å². The number of amides is 4. The molecule has 0 saturated carbocycles. The van der Waals surface area contributed by atoms with Crippen molar-refractivity contribution in [2.45, 2.75) is 13.3 Å². The first-order valence-corrected chi connectivity index (χ1v) is 9.92. The second-order valence-corrected chi connectivity index (χ2v) is 6.84. The van der Waals surface area contributed by atoms with Crippen molar-refractivity contribution in [1.82, 2.24) is 10.6 Å². The number of fused-ring (bicyclic) bond motifs is 1. The fourth-order valence-electron chi connectivity index (χ4n) is 2.87. The summed E-state index contributed by atoms with van der Waals surface area (Å²) in [5.74, 6) is -0.719. The molecule has 10 heteroatoms. The van der Waals surface area contributed by atoms with Crippen LogP contribution in [0.4, 0.5) is 10.5 Å². The minimum atomic E-state index is -0.794. The summed E-state index contributed by atoms with van der Waals surface area (Å²) in [4.78, 5) is 47.6. The molecule has 1 aliphatic heterocycles. The van der Waals surface area contributed by atoms with Crippen LogP contribution in [-0.4, -0.2) is 50.2 Å². The molecule has 10 nitrogen and oxygen atoms in total. The first-order chi connectivity index (χ1) is 15.4. The molecule has 0 bridgehead atoms. The van der Waals surface area contributed by atoms with Gasteiger partial charge < -0.3 is 24.8 Å². The van der Waals surface area contributed by atoms with Crippen LogP contribution in [-0.2, 0) is 14.3 Å². The van der Waals surface area contributed by atoms with Gasteiger partial charge in [0.05, 0.1) is 6.42 Å². The van der Waals surface area contributed by atoms with Crippen molar-refractivity contribution in [2.24, 2.45) is 0 Å². The van der Waals surface area contributed by atoms with Crippen LogP contribution in [0.2, 0.25) is 0 Å². The van der Waals surface area contributed by atoms with Crippen molar-refractivity contribution in [3.05, 3.63) is 53.6 Å². The fraction of sp³-hybridized carbons (Fsp3) is 0.273. The van der Waals surface area contributed by atoms with Crippen LogP contribution in [0.5, 0.6) is 11.5 Å². The zero-order valence-corrected chi connectivity index (χ0v) is 17.4. The lowest BCUT2D eigenvalue weighted by atomic mass is 10.1. The molecular weight excluding hydrogens is 418 g/mol. The maximum atomic E-state index is 12.1. The number of hydrogen-bond donors (Lipinski definition) is 3. The van der Waals surface area contributed by atoms with E-state index in [1.54, 1.807) is 30.3 Å². The molecule has 1 aliphatic rings. The Hall–Kier alpha value is -4.08. The smallest absolute Gasteiger partial charge is 0.325 e. The first kappa shape index (κ1) is 22.6. The molecule has 3 rings (SSSR count). The van der Waals surface area contributed by atoms with Gasteiger partial charge in [0.2, 0.25) is 0 Å². The van der Waals surface area contributed by atoms with Crippen LogP contribution < -0.4 is 25.4 Å². The highest BCUT2D eigenvalue weighted by Crippen LogP contribution is 2.32. The molecule has 0 aromatic heterocycles. The van der Waals surface area contributed by atoms with E-state index >= 15 is 0 Å². The minimum Gasteiger partial charge on any atom is -0.486 e. The van der Waals surface area contributed by atoms with Gasteiger partial charge >= 0.3 is 12.0 Å². The number of anilines is 1.